The van der Waals surface area contributed by atoms with Crippen LogP contribution in [0.4, 0.5) is 4.39 Å². The van der Waals surface area contributed by atoms with Crippen molar-refractivity contribution in [3.05, 3.63) is 34.1 Å². The zero-order valence-corrected chi connectivity index (χ0v) is 14.0. The largest absolute Gasteiger partial charge is 0.310 e. The third kappa shape index (κ3) is 4.05. The lowest BCUT2D eigenvalue weighted by Gasteiger charge is -2.34. The van der Waals surface area contributed by atoms with E-state index >= 15 is 0 Å². The van der Waals surface area contributed by atoms with Gasteiger partial charge in [-0.05, 0) is 55.3 Å². The molecule has 1 aliphatic carbocycles. The van der Waals surface area contributed by atoms with Crippen molar-refractivity contribution in [1.29, 1.82) is 0 Å². The molecule has 20 heavy (non-hydrogen) atoms. The molecule has 1 aromatic carbocycles. The van der Waals surface area contributed by atoms with Crippen molar-refractivity contribution in [3.8, 4) is 0 Å². The second-order valence-electron chi connectivity index (χ2n) is 6.12. The second-order valence-corrected chi connectivity index (χ2v) is 6.97. The molecule has 1 atom stereocenters. The molecule has 0 bridgehead atoms. The smallest absolute Gasteiger partial charge is 0.124 e. The predicted octanol–water partition coefficient (Wildman–Crippen LogP) is 5.46. The van der Waals surface area contributed by atoms with Gasteiger partial charge in [0.15, 0.2) is 0 Å². The Balaban J connectivity index is 2.17. The molecule has 0 spiro atoms. The molecule has 1 fully saturated rings. The molecule has 0 heterocycles. The van der Waals surface area contributed by atoms with Gasteiger partial charge in [-0.15, -0.1) is 0 Å². The van der Waals surface area contributed by atoms with Crippen molar-refractivity contribution in [2.24, 2.45) is 11.8 Å². The first-order chi connectivity index (χ1) is 9.61. The summed E-state index contributed by atoms with van der Waals surface area (Å²) in [5.74, 6) is 1.35. The Labute approximate surface area is 130 Å². The minimum Gasteiger partial charge on any atom is -0.310 e. The maximum Gasteiger partial charge on any atom is 0.124 e. The van der Waals surface area contributed by atoms with Crippen molar-refractivity contribution in [3.63, 3.8) is 0 Å². The van der Waals surface area contributed by atoms with E-state index in [-0.39, 0.29) is 5.82 Å². The number of hydrogen-bond acceptors (Lipinski definition) is 1. The van der Waals surface area contributed by atoms with Crippen LogP contribution in [0.5, 0.6) is 0 Å². The number of halogens is 2. The maximum atomic E-state index is 13.3. The standard InChI is InChI=1S/C17H25BrFN/c1-3-10-20-17(13-6-4-12(2)5-7-13)15-9-8-14(19)11-16(15)18/h8-9,11-13,17,20H,3-7,10H2,1-2H3. The molecule has 0 amide bonds. The zero-order valence-electron chi connectivity index (χ0n) is 12.5. The summed E-state index contributed by atoms with van der Waals surface area (Å²) in [7, 11) is 0. The van der Waals surface area contributed by atoms with Crippen LogP contribution in [0, 0.1) is 17.7 Å². The van der Waals surface area contributed by atoms with Crippen molar-refractivity contribution in [1.82, 2.24) is 5.32 Å². The first kappa shape index (κ1) is 16.0. The van der Waals surface area contributed by atoms with Crippen molar-refractivity contribution in [2.75, 3.05) is 6.54 Å². The van der Waals surface area contributed by atoms with E-state index in [0.29, 0.717) is 12.0 Å². The molecule has 0 aromatic heterocycles. The lowest BCUT2D eigenvalue weighted by molar-refractivity contribution is 0.231. The molecule has 3 heteroatoms. The molecule has 1 saturated carbocycles. The minimum atomic E-state index is -0.174. The molecule has 112 valence electrons. The van der Waals surface area contributed by atoms with Crippen LogP contribution in [-0.2, 0) is 0 Å². The average molecular weight is 342 g/mol. The van der Waals surface area contributed by atoms with Gasteiger partial charge in [-0.3, -0.25) is 0 Å². The van der Waals surface area contributed by atoms with Crippen LogP contribution in [0.2, 0.25) is 0 Å². The molecule has 0 saturated heterocycles. The lowest BCUT2D eigenvalue weighted by Crippen LogP contribution is -2.31. The van der Waals surface area contributed by atoms with Crippen LogP contribution in [0.3, 0.4) is 0 Å². The fraction of sp³-hybridized carbons (Fsp3) is 0.647. The molecule has 0 aliphatic heterocycles. The van der Waals surface area contributed by atoms with Gasteiger partial charge in [-0.25, -0.2) is 4.39 Å². The fourth-order valence-electron chi connectivity index (χ4n) is 3.20. The summed E-state index contributed by atoms with van der Waals surface area (Å²) in [5, 5.41) is 3.68. The van der Waals surface area contributed by atoms with Crippen LogP contribution in [0.25, 0.3) is 0 Å². The van der Waals surface area contributed by atoms with Gasteiger partial charge in [0.2, 0.25) is 0 Å². The normalized spacial score (nSPS) is 24.6. The summed E-state index contributed by atoms with van der Waals surface area (Å²) in [5.41, 5.74) is 1.21. The van der Waals surface area contributed by atoms with Crippen LogP contribution >= 0.6 is 15.9 Å². The van der Waals surface area contributed by atoms with E-state index in [2.05, 4.69) is 35.1 Å². The van der Waals surface area contributed by atoms with Gasteiger partial charge in [0.05, 0.1) is 0 Å². The van der Waals surface area contributed by atoms with Crippen LogP contribution in [-0.4, -0.2) is 6.54 Å². The highest BCUT2D eigenvalue weighted by molar-refractivity contribution is 9.10. The highest BCUT2D eigenvalue weighted by Crippen LogP contribution is 2.39. The summed E-state index contributed by atoms with van der Waals surface area (Å²) in [6, 6.07) is 5.44. The molecule has 0 radical (unpaired) electrons. The van der Waals surface area contributed by atoms with Gasteiger partial charge >= 0.3 is 0 Å². The monoisotopic (exact) mass is 341 g/mol. The Morgan fingerprint density at radius 1 is 1.30 bits per heavy atom. The predicted molar refractivity (Wildman–Crippen MR) is 86.3 cm³/mol. The molecule has 1 nitrogen and oxygen atoms in total. The van der Waals surface area contributed by atoms with Gasteiger partial charge in [-0.2, -0.15) is 0 Å². The minimum absolute atomic E-state index is 0.174. The van der Waals surface area contributed by atoms with Gasteiger partial charge in [-0.1, -0.05) is 48.7 Å². The molecular formula is C17H25BrFN. The fourth-order valence-corrected chi connectivity index (χ4v) is 3.80. The lowest BCUT2D eigenvalue weighted by atomic mass is 9.77. The molecule has 1 aromatic rings. The first-order valence-corrected chi connectivity index (χ1v) is 8.59. The highest BCUT2D eigenvalue weighted by atomic mass is 79.9. The Bertz CT molecular complexity index is 427. The number of rotatable bonds is 5. The van der Waals surface area contributed by atoms with Crippen LogP contribution in [0.15, 0.2) is 22.7 Å². The maximum absolute atomic E-state index is 13.3. The Morgan fingerprint density at radius 3 is 2.60 bits per heavy atom. The Hall–Kier alpha value is -0.410. The van der Waals surface area contributed by atoms with Crippen LogP contribution < -0.4 is 5.32 Å². The van der Waals surface area contributed by atoms with Crippen molar-refractivity contribution in [2.45, 2.75) is 52.0 Å². The van der Waals surface area contributed by atoms with Crippen LogP contribution in [0.1, 0.15) is 57.6 Å². The number of benzene rings is 1. The summed E-state index contributed by atoms with van der Waals surface area (Å²) in [6.07, 6.45) is 6.29. The SMILES string of the molecule is CCCNC(c1ccc(F)cc1Br)C1CCC(C)CC1. The quantitative estimate of drug-likeness (QED) is 0.750. The van der Waals surface area contributed by atoms with Crippen molar-refractivity contribution >= 4 is 15.9 Å². The summed E-state index contributed by atoms with van der Waals surface area (Å²) < 4.78 is 14.2. The zero-order chi connectivity index (χ0) is 14.5. The van der Waals surface area contributed by atoms with E-state index in [1.807, 2.05) is 6.07 Å². The van der Waals surface area contributed by atoms with Gasteiger partial charge in [0, 0.05) is 10.5 Å². The molecule has 2 rings (SSSR count). The van der Waals surface area contributed by atoms with E-state index in [1.54, 1.807) is 12.1 Å². The highest BCUT2D eigenvalue weighted by Gasteiger charge is 2.28. The van der Waals surface area contributed by atoms with E-state index in [4.69, 9.17) is 0 Å². The summed E-state index contributed by atoms with van der Waals surface area (Å²) in [4.78, 5) is 0. The molecule has 1 unspecified atom stereocenters. The summed E-state index contributed by atoms with van der Waals surface area (Å²) in [6.45, 7) is 5.55. The molecular weight excluding hydrogens is 317 g/mol. The van der Waals surface area contributed by atoms with Crippen molar-refractivity contribution < 1.29 is 4.39 Å². The third-order valence-corrected chi connectivity index (χ3v) is 5.13. The topological polar surface area (TPSA) is 12.0 Å². The van der Waals surface area contributed by atoms with E-state index in [9.17, 15) is 4.39 Å². The van der Waals surface area contributed by atoms with E-state index < -0.39 is 0 Å². The van der Waals surface area contributed by atoms with Gasteiger partial charge < -0.3 is 5.32 Å². The van der Waals surface area contributed by atoms with Gasteiger partial charge in [0.25, 0.3) is 0 Å². The van der Waals surface area contributed by atoms with E-state index in [0.717, 1.165) is 23.4 Å². The first-order valence-electron chi connectivity index (χ1n) is 7.80. The number of nitrogens with one attached hydrogen (secondary N) is 1. The summed E-state index contributed by atoms with van der Waals surface area (Å²) >= 11 is 3.54. The van der Waals surface area contributed by atoms with E-state index in [1.165, 1.54) is 31.2 Å². The molecule has 1 N–H and O–H groups in total. The Kier molecular flexibility index (Phi) is 6.03. The third-order valence-electron chi connectivity index (χ3n) is 4.44. The number of hydrogen-bond donors (Lipinski definition) is 1. The Morgan fingerprint density at radius 2 is 2.00 bits per heavy atom. The second kappa shape index (κ2) is 7.56. The molecule has 1 aliphatic rings. The average Bonchev–Trinajstić information content (AvgIpc) is 2.42. The van der Waals surface area contributed by atoms with Gasteiger partial charge in [0.1, 0.15) is 5.82 Å².